The molecule has 0 atom stereocenters. The molecular formula is C12H11NO3S. The van der Waals surface area contributed by atoms with E-state index in [9.17, 15) is 4.79 Å². The van der Waals surface area contributed by atoms with Gasteiger partial charge in [0.2, 0.25) is 5.78 Å². The van der Waals surface area contributed by atoms with Gasteiger partial charge in [-0.1, -0.05) is 0 Å². The van der Waals surface area contributed by atoms with Crippen molar-refractivity contribution in [3.05, 3.63) is 40.3 Å². The first-order chi connectivity index (χ1) is 8.26. The summed E-state index contributed by atoms with van der Waals surface area (Å²) < 4.78 is 10.3. The van der Waals surface area contributed by atoms with Gasteiger partial charge in [-0.2, -0.15) is 0 Å². The highest BCUT2D eigenvalue weighted by Crippen LogP contribution is 2.27. The van der Waals surface area contributed by atoms with Crippen molar-refractivity contribution in [1.82, 2.24) is 4.98 Å². The van der Waals surface area contributed by atoms with Gasteiger partial charge < -0.3 is 9.47 Å². The molecule has 5 heteroatoms. The number of aromatic nitrogens is 1. The van der Waals surface area contributed by atoms with Crippen molar-refractivity contribution in [2.45, 2.75) is 0 Å². The predicted octanol–water partition coefficient (Wildman–Crippen LogP) is 2.39. The Morgan fingerprint density at radius 3 is 2.71 bits per heavy atom. The van der Waals surface area contributed by atoms with Crippen molar-refractivity contribution < 1.29 is 14.3 Å². The van der Waals surface area contributed by atoms with Crippen LogP contribution in [0.5, 0.6) is 11.5 Å². The van der Waals surface area contributed by atoms with Crippen molar-refractivity contribution in [1.29, 1.82) is 0 Å². The number of ether oxygens (including phenoxy) is 2. The lowest BCUT2D eigenvalue weighted by Gasteiger charge is -2.08. The fourth-order valence-electron chi connectivity index (χ4n) is 1.44. The molecule has 0 radical (unpaired) electrons. The van der Waals surface area contributed by atoms with E-state index in [1.807, 2.05) is 0 Å². The maximum absolute atomic E-state index is 12.1. The molecular weight excluding hydrogens is 238 g/mol. The molecule has 17 heavy (non-hydrogen) atoms. The minimum Gasteiger partial charge on any atom is -0.497 e. The van der Waals surface area contributed by atoms with Crippen LogP contribution >= 0.6 is 11.3 Å². The molecule has 1 heterocycles. The molecule has 0 saturated carbocycles. The average molecular weight is 249 g/mol. The van der Waals surface area contributed by atoms with Gasteiger partial charge in [-0.15, -0.1) is 11.3 Å². The number of hydrogen-bond donors (Lipinski definition) is 0. The number of methoxy groups -OCH3 is 2. The Hall–Kier alpha value is -1.88. The van der Waals surface area contributed by atoms with E-state index in [1.165, 1.54) is 18.4 Å². The third-order valence-corrected chi connectivity index (χ3v) is 3.05. The second kappa shape index (κ2) is 4.97. The monoisotopic (exact) mass is 249 g/mol. The minimum absolute atomic E-state index is 0.139. The molecule has 0 aliphatic carbocycles. The van der Waals surface area contributed by atoms with E-state index in [0.29, 0.717) is 22.1 Å². The number of hydrogen-bond acceptors (Lipinski definition) is 5. The quantitative estimate of drug-likeness (QED) is 0.781. The van der Waals surface area contributed by atoms with Gasteiger partial charge >= 0.3 is 0 Å². The summed E-state index contributed by atoms with van der Waals surface area (Å²) in [6, 6.07) is 5.09. The van der Waals surface area contributed by atoms with Gasteiger partial charge in [0.1, 0.15) is 11.5 Å². The first kappa shape index (κ1) is 11.6. The van der Waals surface area contributed by atoms with E-state index in [2.05, 4.69) is 4.98 Å². The Balaban J connectivity index is 2.41. The van der Waals surface area contributed by atoms with Crippen molar-refractivity contribution in [3.63, 3.8) is 0 Å². The molecule has 0 aliphatic heterocycles. The number of benzene rings is 1. The SMILES string of the molecule is COc1ccc(C(=O)c2nccs2)c(OC)c1. The van der Waals surface area contributed by atoms with Gasteiger partial charge in [0.25, 0.3) is 0 Å². The summed E-state index contributed by atoms with van der Waals surface area (Å²) in [7, 11) is 3.09. The Kier molecular flexibility index (Phi) is 3.39. The lowest BCUT2D eigenvalue weighted by Crippen LogP contribution is -2.03. The minimum atomic E-state index is -0.139. The number of rotatable bonds is 4. The highest BCUT2D eigenvalue weighted by Gasteiger charge is 2.17. The van der Waals surface area contributed by atoms with E-state index < -0.39 is 0 Å². The number of carbonyl (C=O) groups excluding carboxylic acids is 1. The van der Waals surface area contributed by atoms with Crippen molar-refractivity contribution in [2.24, 2.45) is 0 Å². The van der Waals surface area contributed by atoms with Gasteiger partial charge in [0.05, 0.1) is 19.8 Å². The molecule has 0 amide bonds. The van der Waals surface area contributed by atoms with Crippen LogP contribution in [0.15, 0.2) is 29.8 Å². The third kappa shape index (κ3) is 2.29. The van der Waals surface area contributed by atoms with Crippen LogP contribution in [0.3, 0.4) is 0 Å². The van der Waals surface area contributed by atoms with E-state index in [-0.39, 0.29) is 5.78 Å². The van der Waals surface area contributed by atoms with Crippen molar-refractivity contribution >= 4 is 17.1 Å². The smallest absolute Gasteiger partial charge is 0.225 e. The summed E-state index contributed by atoms with van der Waals surface area (Å²) in [5, 5.41) is 2.22. The first-order valence-electron chi connectivity index (χ1n) is 4.92. The first-order valence-corrected chi connectivity index (χ1v) is 5.80. The van der Waals surface area contributed by atoms with Gasteiger partial charge in [-0.25, -0.2) is 4.98 Å². The summed E-state index contributed by atoms with van der Waals surface area (Å²) in [6.45, 7) is 0. The van der Waals surface area contributed by atoms with Crippen LogP contribution in [0.25, 0.3) is 0 Å². The molecule has 0 spiro atoms. The Morgan fingerprint density at radius 1 is 1.29 bits per heavy atom. The van der Waals surface area contributed by atoms with Crippen molar-refractivity contribution in [2.75, 3.05) is 14.2 Å². The fourth-order valence-corrected chi connectivity index (χ4v) is 2.03. The zero-order chi connectivity index (χ0) is 12.3. The average Bonchev–Trinajstić information content (AvgIpc) is 2.91. The Bertz CT molecular complexity index is 523. The summed E-state index contributed by atoms with van der Waals surface area (Å²) in [4.78, 5) is 16.1. The van der Waals surface area contributed by atoms with Crippen LogP contribution in [0.2, 0.25) is 0 Å². The molecule has 0 saturated heterocycles. The summed E-state index contributed by atoms with van der Waals surface area (Å²) in [5.41, 5.74) is 0.489. The second-order valence-electron chi connectivity index (χ2n) is 3.23. The molecule has 0 bridgehead atoms. The summed E-state index contributed by atoms with van der Waals surface area (Å²) >= 11 is 1.31. The predicted molar refractivity (Wildman–Crippen MR) is 65.1 cm³/mol. The molecule has 88 valence electrons. The topological polar surface area (TPSA) is 48.4 Å². The lowest BCUT2D eigenvalue weighted by molar-refractivity contribution is 0.103. The molecule has 2 rings (SSSR count). The molecule has 0 aliphatic rings. The number of ketones is 1. The molecule has 1 aromatic carbocycles. The Morgan fingerprint density at radius 2 is 2.12 bits per heavy atom. The Labute approximate surface area is 103 Å². The van der Waals surface area contributed by atoms with E-state index >= 15 is 0 Å². The maximum Gasteiger partial charge on any atom is 0.225 e. The van der Waals surface area contributed by atoms with Crippen molar-refractivity contribution in [3.8, 4) is 11.5 Å². The number of nitrogens with zero attached hydrogens (tertiary/aromatic N) is 1. The number of thiazole rings is 1. The molecule has 2 aromatic rings. The zero-order valence-corrected chi connectivity index (χ0v) is 10.3. The normalized spacial score (nSPS) is 10.0. The van der Waals surface area contributed by atoms with Gasteiger partial charge in [0, 0.05) is 17.6 Å². The van der Waals surface area contributed by atoms with Crippen LogP contribution in [0.4, 0.5) is 0 Å². The second-order valence-corrected chi connectivity index (χ2v) is 4.13. The van der Waals surface area contributed by atoms with Gasteiger partial charge in [-0.05, 0) is 12.1 Å². The standard InChI is InChI=1S/C12H11NO3S/c1-15-8-3-4-9(10(7-8)16-2)11(14)12-13-5-6-17-12/h3-7H,1-2H3. The summed E-state index contributed by atoms with van der Waals surface area (Å²) in [6.07, 6.45) is 1.61. The summed E-state index contributed by atoms with van der Waals surface area (Å²) in [5.74, 6) is 1.00. The molecule has 0 unspecified atom stereocenters. The van der Waals surface area contributed by atoms with Gasteiger partial charge in [0.15, 0.2) is 5.01 Å². The maximum atomic E-state index is 12.1. The van der Waals surface area contributed by atoms with Gasteiger partial charge in [-0.3, -0.25) is 4.79 Å². The van der Waals surface area contributed by atoms with Crippen LogP contribution in [0.1, 0.15) is 15.4 Å². The van der Waals surface area contributed by atoms with Crippen LogP contribution in [0, 0.1) is 0 Å². The molecule has 4 nitrogen and oxygen atoms in total. The van der Waals surface area contributed by atoms with Crippen LogP contribution in [-0.2, 0) is 0 Å². The van der Waals surface area contributed by atoms with E-state index in [0.717, 1.165) is 0 Å². The van der Waals surface area contributed by atoms with E-state index in [4.69, 9.17) is 9.47 Å². The molecule has 0 fully saturated rings. The third-order valence-electron chi connectivity index (χ3n) is 2.28. The fraction of sp³-hybridized carbons (Fsp3) is 0.167. The molecule has 1 aromatic heterocycles. The number of carbonyl (C=O) groups is 1. The van der Waals surface area contributed by atoms with Crippen LogP contribution < -0.4 is 9.47 Å². The van der Waals surface area contributed by atoms with Crippen LogP contribution in [-0.4, -0.2) is 25.0 Å². The largest absolute Gasteiger partial charge is 0.497 e. The van der Waals surface area contributed by atoms with E-state index in [1.54, 1.807) is 36.9 Å². The highest BCUT2D eigenvalue weighted by molar-refractivity contribution is 7.11. The zero-order valence-electron chi connectivity index (χ0n) is 9.47. The highest BCUT2D eigenvalue weighted by atomic mass is 32.1. The molecule has 0 N–H and O–H groups in total. The lowest BCUT2D eigenvalue weighted by atomic mass is 10.1.